The summed E-state index contributed by atoms with van der Waals surface area (Å²) in [5, 5.41) is 9.26. The van der Waals surface area contributed by atoms with E-state index in [1.807, 2.05) is 37.3 Å². The average Bonchev–Trinajstić information content (AvgIpc) is 3.38. The summed E-state index contributed by atoms with van der Waals surface area (Å²) in [6.45, 7) is 8.56. The van der Waals surface area contributed by atoms with Gasteiger partial charge in [0.25, 0.3) is 0 Å². The quantitative estimate of drug-likeness (QED) is 0.409. The maximum atomic E-state index is 12.7. The Hall–Kier alpha value is -1.88. The molecular formula is C19H23N3OS. The van der Waals surface area contributed by atoms with Crippen LogP contribution in [0.5, 0.6) is 0 Å². The van der Waals surface area contributed by atoms with Crippen molar-refractivity contribution in [3.63, 3.8) is 0 Å². The summed E-state index contributed by atoms with van der Waals surface area (Å²) in [4.78, 5) is 12.7. The first-order valence-electron chi connectivity index (χ1n) is 8.47. The summed E-state index contributed by atoms with van der Waals surface area (Å²) in [6.07, 6.45) is 5.19. The highest BCUT2D eigenvalue weighted by Gasteiger charge is 2.31. The van der Waals surface area contributed by atoms with E-state index in [0.29, 0.717) is 12.5 Å². The lowest BCUT2D eigenvalue weighted by Gasteiger charge is -2.12. The monoisotopic (exact) mass is 341 g/mol. The van der Waals surface area contributed by atoms with Gasteiger partial charge in [-0.15, -0.1) is 16.8 Å². The number of rotatable bonds is 8. The number of nitrogens with zero attached hydrogens (tertiary/aromatic N) is 3. The Morgan fingerprint density at radius 2 is 2.08 bits per heavy atom. The van der Waals surface area contributed by atoms with Gasteiger partial charge in [-0.1, -0.05) is 49.0 Å². The van der Waals surface area contributed by atoms with Crippen LogP contribution in [0.15, 0.2) is 42.1 Å². The molecule has 5 heteroatoms. The summed E-state index contributed by atoms with van der Waals surface area (Å²) in [5.74, 6) is 1.69. The third-order valence-electron chi connectivity index (χ3n) is 4.30. The number of carbonyl (C=O) groups is 1. The predicted octanol–water partition coefficient (Wildman–Crippen LogP) is 4.27. The van der Waals surface area contributed by atoms with E-state index in [4.69, 9.17) is 0 Å². The molecule has 1 fully saturated rings. The molecule has 2 aromatic rings. The molecule has 1 atom stereocenters. The van der Waals surface area contributed by atoms with Crippen LogP contribution in [0.25, 0.3) is 0 Å². The Kier molecular flexibility index (Phi) is 5.19. The molecule has 0 N–H and O–H groups in total. The highest BCUT2D eigenvalue weighted by atomic mass is 32.2. The summed E-state index contributed by atoms with van der Waals surface area (Å²) in [7, 11) is 0. The van der Waals surface area contributed by atoms with Crippen molar-refractivity contribution in [1.82, 2.24) is 14.8 Å². The van der Waals surface area contributed by atoms with Crippen molar-refractivity contribution in [3.8, 4) is 0 Å². The van der Waals surface area contributed by atoms with E-state index in [1.54, 1.807) is 0 Å². The molecular weight excluding hydrogens is 318 g/mol. The lowest BCUT2D eigenvalue weighted by atomic mass is 10.1. The molecule has 1 aromatic carbocycles. The number of aromatic nitrogens is 3. The molecule has 1 saturated carbocycles. The van der Waals surface area contributed by atoms with E-state index in [-0.39, 0.29) is 11.0 Å². The Morgan fingerprint density at radius 3 is 2.67 bits per heavy atom. The molecule has 0 saturated heterocycles. The molecule has 0 spiro atoms. The first kappa shape index (κ1) is 17.0. The van der Waals surface area contributed by atoms with Gasteiger partial charge in [-0.2, -0.15) is 0 Å². The summed E-state index contributed by atoms with van der Waals surface area (Å²) in [5.41, 5.74) is 2.00. The van der Waals surface area contributed by atoms with Gasteiger partial charge in [0.15, 0.2) is 10.9 Å². The lowest BCUT2D eigenvalue weighted by molar-refractivity contribution is 0.0994. The van der Waals surface area contributed by atoms with Crippen LogP contribution in [0.4, 0.5) is 0 Å². The number of thioether (sulfide) groups is 1. The minimum absolute atomic E-state index is 0.128. The van der Waals surface area contributed by atoms with Crippen LogP contribution in [0.3, 0.4) is 0 Å². The number of hydrogen-bond donors (Lipinski definition) is 0. The summed E-state index contributed by atoms with van der Waals surface area (Å²) < 4.78 is 2.10. The number of benzene rings is 1. The van der Waals surface area contributed by atoms with E-state index in [1.165, 1.54) is 30.2 Å². The zero-order valence-electron chi connectivity index (χ0n) is 14.2. The Balaban J connectivity index is 1.74. The molecule has 1 aromatic heterocycles. The standard InChI is InChI=1S/C19H23N3OS/c1-4-12-22-18(16-10-11-16)20-21-19(22)24-13(3)17(23)15-8-6-14(5-2)7-9-15/h4,6-9,13,16H,1,5,10-12H2,2-3H3. The van der Waals surface area contributed by atoms with E-state index in [9.17, 15) is 4.79 Å². The molecule has 1 aliphatic rings. The minimum atomic E-state index is -0.197. The van der Waals surface area contributed by atoms with Gasteiger partial charge in [0.2, 0.25) is 0 Å². The SMILES string of the molecule is C=CCn1c(SC(C)C(=O)c2ccc(CC)cc2)nnc1C1CC1. The maximum absolute atomic E-state index is 12.7. The zero-order valence-corrected chi connectivity index (χ0v) is 15.1. The van der Waals surface area contributed by atoms with Gasteiger partial charge in [0, 0.05) is 18.0 Å². The van der Waals surface area contributed by atoms with Gasteiger partial charge in [-0.05, 0) is 31.7 Å². The van der Waals surface area contributed by atoms with Crippen LogP contribution >= 0.6 is 11.8 Å². The van der Waals surface area contributed by atoms with Crippen LogP contribution in [0.1, 0.15) is 54.4 Å². The molecule has 0 radical (unpaired) electrons. The fourth-order valence-electron chi connectivity index (χ4n) is 2.68. The van der Waals surface area contributed by atoms with Crippen molar-refractivity contribution in [3.05, 3.63) is 53.9 Å². The van der Waals surface area contributed by atoms with Crippen molar-refractivity contribution >= 4 is 17.5 Å². The maximum Gasteiger partial charge on any atom is 0.192 e. The molecule has 0 bridgehead atoms. The number of hydrogen-bond acceptors (Lipinski definition) is 4. The van der Waals surface area contributed by atoms with Crippen LogP contribution in [0, 0.1) is 0 Å². The number of ketones is 1. The average molecular weight is 341 g/mol. The molecule has 1 unspecified atom stereocenters. The highest BCUT2D eigenvalue weighted by Crippen LogP contribution is 2.40. The van der Waals surface area contributed by atoms with Crippen molar-refractivity contribution < 1.29 is 4.79 Å². The Bertz CT molecular complexity index is 732. The predicted molar refractivity (Wildman–Crippen MR) is 97.7 cm³/mol. The van der Waals surface area contributed by atoms with Gasteiger partial charge in [0.1, 0.15) is 5.82 Å². The van der Waals surface area contributed by atoms with Crippen LogP contribution < -0.4 is 0 Å². The Labute approximate surface area is 147 Å². The molecule has 1 aliphatic carbocycles. The van der Waals surface area contributed by atoms with Crippen molar-refractivity contribution in [2.45, 2.75) is 56.0 Å². The first-order chi connectivity index (χ1) is 11.6. The van der Waals surface area contributed by atoms with E-state index in [0.717, 1.165) is 23.0 Å². The fourth-order valence-corrected chi connectivity index (χ4v) is 3.63. The fraction of sp³-hybridized carbons (Fsp3) is 0.421. The largest absolute Gasteiger partial charge is 0.302 e. The molecule has 126 valence electrons. The van der Waals surface area contributed by atoms with Crippen LogP contribution in [0.2, 0.25) is 0 Å². The lowest BCUT2D eigenvalue weighted by Crippen LogP contribution is -2.15. The van der Waals surface area contributed by atoms with E-state index in [2.05, 4.69) is 28.3 Å². The third kappa shape index (κ3) is 3.61. The van der Waals surface area contributed by atoms with Gasteiger partial charge >= 0.3 is 0 Å². The molecule has 4 nitrogen and oxygen atoms in total. The second-order valence-electron chi connectivity index (χ2n) is 6.19. The van der Waals surface area contributed by atoms with Crippen molar-refractivity contribution in [2.24, 2.45) is 0 Å². The van der Waals surface area contributed by atoms with Crippen molar-refractivity contribution in [2.75, 3.05) is 0 Å². The summed E-state index contributed by atoms with van der Waals surface area (Å²) >= 11 is 1.48. The minimum Gasteiger partial charge on any atom is -0.302 e. The second kappa shape index (κ2) is 7.34. The number of carbonyl (C=O) groups excluding carboxylic acids is 1. The number of Topliss-reactive ketones (excluding diaryl/α,β-unsaturated/α-hetero) is 1. The number of allylic oxidation sites excluding steroid dienone is 1. The molecule has 1 heterocycles. The van der Waals surface area contributed by atoms with Crippen molar-refractivity contribution in [1.29, 1.82) is 0 Å². The smallest absolute Gasteiger partial charge is 0.192 e. The normalized spacial score (nSPS) is 15.2. The molecule has 0 aliphatic heterocycles. The first-order valence-corrected chi connectivity index (χ1v) is 9.35. The van der Waals surface area contributed by atoms with Gasteiger partial charge in [-0.25, -0.2) is 0 Å². The molecule has 24 heavy (non-hydrogen) atoms. The third-order valence-corrected chi connectivity index (χ3v) is 5.38. The zero-order chi connectivity index (χ0) is 17.1. The summed E-state index contributed by atoms with van der Waals surface area (Å²) in [6, 6.07) is 7.89. The molecule has 0 amide bonds. The second-order valence-corrected chi connectivity index (χ2v) is 7.50. The van der Waals surface area contributed by atoms with Gasteiger partial charge < -0.3 is 4.57 Å². The van der Waals surface area contributed by atoms with E-state index >= 15 is 0 Å². The van der Waals surface area contributed by atoms with Crippen LogP contribution in [-0.2, 0) is 13.0 Å². The van der Waals surface area contributed by atoms with Gasteiger partial charge in [0.05, 0.1) is 5.25 Å². The highest BCUT2D eigenvalue weighted by molar-refractivity contribution is 8.00. The molecule has 3 rings (SSSR count). The van der Waals surface area contributed by atoms with E-state index < -0.39 is 0 Å². The number of aryl methyl sites for hydroxylation is 1. The van der Waals surface area contributed by atoms with Gasteiger partial charge in [-0.3, -0.25) is 4.79 Å². The Morgan fingerprint density at radius 1 is 1.38 bits per heavy atom. The topological polar surface area (TPSA) is 47.8 Å². The van der Waals surface area contributed by atoms with Crippen LogP contribution in [-0.4, -0.2) is 25.8 Å².